The summed E-state index contributed by atoms with van der Waals surface area (Å²) >= 11 is 0. The zero-order valence-electron chi connectivity index (χ0n) is 11.6. The molecule has 0 spiro atoms. The summed E-state index contributed by atoms with van der Waals surface area (Å²) in [6.07, 6.45) is 4.98. The van der Waals surface area contributed by atoms with Gasteiger partial charge in [0, 0.05) is 11.5 Å². The first-order valence-corrected chi connectivity index (χ1v) is 7.04. The van der Waals surface area contributed by atoms with Crippen LogP contribution in [0, 0.1) is 0 Å². The van der Waals surface area contributed by atoms with E-state index in [-0.39, 0.29) is 5.63 Å². The summed E-state index contributed by atoms with van der Waals surface area (Å²) in [5.74, 6) is 0.774. The van der Waals surface area contributed by atoms with E-state index in [1.165, 1.54) is 12.8 Å². The van der Waals surface area contributed by atoms with Gasteiger partial charge in [0.25, 0.3) is 0 Å². The van der Waals surface area contributed by atoms with Crippen molar-refractivity contribution in [1.82, 2.24) is 0 Å². The molecule has 0 saturated heterocycles. The van der Waals surface area contributed by atoms with Gasteiger partial charge in [-0.1, -0.05) is 6.58 Å². The molecule has 0 bridgehead atoms. The Morgan fingerprint density at radius 2 is 2.05 bits per heavy atom. The fraction of sp³-hybridized carbons (Fsp3) is 0.353. The number of hydrogen-bond acceptors (Lipinski definition) is 3. The summed E-state index contributed by atoms with van der Waals surface area (Å²) in [6, 6.07) is 7.48. The van der Waals surface area contributed by atoms with Crippen LogP contribution in [-0.4, -0.2) is 6.10 Å². The Morgan fingerprint density at radius 3 is 2.75 bits per heavy atom. The van der Waals surface area contributed by atoms with Gasteiger partial charge in [0.15, 0.2) is 0 Å². The lowest BCUT2D eigenvalue weighted by molar-refractivity contribution is 0.210. The second kappa shape index (κ2) is 5.16. The topological polar surface area (TPSA) is 39.4 Å². The quantitative estimate of drug-likeness (QED) is 0.787. The van der Waals surface area contributed by atoms with Gasteiger partial charge in [0.05, 0.1) is 11.7 Å². The maximum absolute atomic E-state index is 11.9. The van der Waals surface area contributed by atoms with Gasteiger partial charge in [0.2, 0.25) is 0 Å². The van der Waals surface area contributed by atoms with Gasteiger partial charge in [-0.2, -0.15) is 0 Å². The summed E-state index contributed by atoms with van der Waals surface area (Å²) < 4.78 is 11.3. The zero-order chi connectivity index (χ0) is 14.1. The van der Waals surface area contributed by atoms with Gasteiger partial charge < -0.3 is 9.15 Å². The summed E-state index contributed by atoms with van der Waals surface area (Å²) in [4.78, 5) is 11.9. The monoisotopic (exact) mass is 270 g/mol. The van der Waals surface area contributed by atoms with Crippen LogP contribution in [0.25, 0.3) is 16.5 Å². The van der Waals surface area contributed by atoms with Gasteiger partial charge in [0.1, 0.15) is 11.3 Å². The van der Waals surface area contributed by atoms with E-state index in [9.17, 15) is 4.79 Å². The smallest absolute Gasteiger partial charge is 0.343 e. The maximum Gasteiger partial charge on any atom is 0.343 e. The van der Waals surface area contributed by atoms with E-state index in [0.29, 0.717) is 22.8 Å². The third kappa shape index (κ3) is 2.48. The largest absolute Gasteiger partial charge is 0.490 e. The molecule has 3 heteroatoms. The predicted octanol–water partition coefficient (Wildman–Crippen LogP) is 4.15. The Labute approximate surface area is 117 Å². The molecule has 0 unspecified atom stereocenters. The summed E-state index contributed by atoms with van der Waals surface area (Å²) in [5, 5.41) is 0.890. The van der Waals surface area contributed by atoms with Crippen molar-refractivity contribution in [3.8, 4) is 5.75 Å². The molecule has 0 atom stereocenters. The number of benzene rings is 1. The van der Waals surface area contributed by atoms with E-state index in [1.807, 2.05) is 18.2 Å². The van der Waals surface area contributed by atoms with Crippen LogP contribution >= 0.6 is 0 Å². The van der Waals surface area contributed by atoms with Crippen molar-refractivity contribution in [2.75, 3.05) is 0 Å². The fourth-order valence-corrected chi connectivity index (χ4v) is 2.66. The summed E-state index contributed by atoms with van der Waals surface area (Å²) in [7, 11) is 0. The number of hydrogen-bond donors (Lipinski definition) is 0. The van der Waals surface area contributed by atoms with Crippen molar-refractivity contribution in [1.29, 1.82) is 0 Å². The van der Waals surface area contributed by atoms with Crippen LogP contribution in [0.2, 0.25) is 0 Å². The second-order valence-electron chi connectivity index (χ2n) is 5.45. The molecule has 2 aromatic rings. The van der Waals surface area contributed by atoms with Gasteiger partial charge >= 0.3 is 5.63 Å². The number of ether oxygens (including phenoxy) is 1. The van der Waals surface area contributed by atoms with Crippen molar-refractivity contribution in [2.45, 2.75) is 38.7 Å². The zero-order valence-corrected chi connectivity index (χ0v) is 11.6. The Hall–Kier alpha value is -2.03. The van der Waals surface area contributed by atoms with Crippen molar-refractivity contribution in [3.05, 3.63) is 46.8 Å². The first-order chi connectivity index (χ1) is 9.63. The minimum atomic E-state index is -0.344. The average molecular weight is 270 g/mol. The van der Waals surface area contributed by atoms with Crippen molar-refractivity contribution in [3.63, 3.8) is 0 Å². The van der Waals surface area contributed by atoms with Crippen molar-refractivity contribution in [2.24, 2.45) is 0 Å². The van der Waals surface area contributed by atoms with Crippen LogP contribution < -0.4 is 10.4 Å². The Kier molecular flexibility index (Phi) is 3.35. The molecule has 104 valence electrons. The molecule has 1 fully saturated rings. The number of rotatable bonds is 3. The van der Waals surface area contributed by atoms with E-state index in [4.69, 9.17) is 9.15 Å². The van der Waals surface area contributed by atoms with Crippen LogP contribution in [0.4, 0.5) is 0 Å². The molecule has 0 radical (unpaired) electrons. The molecule has 1 heterocycles. The molecular weight excluding hydrogens is 252 g/mol. The first kappa shape index (κ1) is 13.0. The van der Waals surface area contributed by atoms with E-state index >= 15 is 0 Å². The van der Waals surface area contributed by atoms with E-state index in [2.05, 4.69) is 6.58 Å². The minimum Gasteiger partial charge on any atom is -0.490 e. The molecule has 3 nitrogen and oxygen atoms in total. The normalized spacial score (nSPS) is 15.7. The van der Waals surface area contributed by atoms with Crippen LogP contribution in [0.1, 0.15) is 38.2 Å². The molecule has 3 rings (SSSR count). The molecular formula is C17H18O3. The van der Waals surface area contributed by atoms with E-state index < -0.39 is 0 Å². The van der Waals surface area contributed by atoms with Crippen LogP contribution in [0.15, 0.2) is 40.1 Å². The molecule has 20 heavy (non-hydrogen) atoms. The molecule has 1 aromatic heterocycles. The molecule has 0 amide bonds. The SMILES string of the molecule is C=C(C)c1cc2ccc(OC3CCCC3)cc2oc1=O. The van der Waals surface area contributed by atoms with Crippen molar-refractivity contribution >= 4 is 16.5 Å². The highest BCUT2D eigenvalue weighted by atomic mass is 16.5. The number of allylic oxidation sites excluding steroid dienone is 1. The summed E-state index contributed by atoms with van der Waals surface area (Å²) in [5.41, 5.74) is 1.47. The number of fused-ring (bicyclic) bond motifs is 1. The first-order valence-electron chi connectivity index (χ1n) is 7.04. The highest BCUT2D eigenvalue weighted by Crippen LogP contribution is 2.27. The summed E-state index contributed by atoms with van der Waals surface area (Å²) in [6.45, 7) is 5.60. The standard InChI is InChI=1S/C17H18O3/c1-11(2)15-9-12-7-8-14(10-16(12)20-17(15)18)19-13-5-3-4-6-13/h7-10,13H,1,3-6H2,2H3. The minimum absolute atomic E-state index is 0.300. The highest BCUT2D eigenvalue weighted by Gasteiger charge is 2.16. The Morgan fingerprint density at radius 1 is 1.30 bits per heavy atom. The van der Waals surface area contributed by atoms with Crippen LogP contribution in [0.3, 0.4) is 0 Å². The third-order valence-electron chi connectivity index (χ3n) is 3.77. The lowest BCUT2D eigenvalue weighted by atomic mass is 10.1. The second-order valence-corrected chi connectivity index (χ2v) is 5.45. The highest BCUT2D eigenvalue weighted by molar-refractivity contribution is 5.81. The van der Waals surface area contributed by atoms with Gasteiger partial charge in [-0.05, 0) is 56.4 Å². The van der Waals surface area contributed by atoms with Crippen LogP contribution in [-0.2, 0) is 0 Å². The Balaban J connectivity index is 1.96. The van der Waals surface area contributed by atoms with Gasteiger partial charge in [-0.15, -0.1) is 0 Å². The third-order valence-corrected chi connectivity index (χ3v) is 3.77. The lowest BCUT2D eigenvalue weighted by Crippen LogP contribution is -2.11. The average Bonchev–Trinajstić information content (AvgIpc) is 2.90. The van der Waals surface area contributed by atoms with Gasteiger partial charge in [-0.3, -0.25) is 0 Å². The maximum atomic E-state index is 11.9. The van der Waals surface area contributed by atoms with E-state index in [0.717, 1.165) is 24.0 Å². The molecule has 1 aliphatic rings. The predicted molar refractivity (Wildman–Crippen MR) is 80.1 cm³/mol. The molecule has 1 saturated carbocycles. The van der Waals surface area contributed by atoms with Crippen molar-refractivity contribution < 1.29 is 9.15 Å². The molecule has 1 aliphatic carbocycles. The Bertz CT molecular complexity index is 706. The van der Waals surface area contributed by atoms with Crippen LogP contribution in [0.5, 0.6) is 5.75 Å². The fourth-order valence-electron chi connectivity index (χ4n) is 2.66. The molecule has 0 aliphatic heterocycles. The lowest BCUT2D eigenvalue weighted by Gasteiger charge is -2.13. The van der Waals surface area contributed by atoms with E-state index in [1.54, 1.807) is 13.0 Å². The molecule has 1 aromatic carbocycles. The molecule has 0 N–H and O–H groups in total. The van der Waals surface area contributed by atoms with Gasteiger partial charge in [-0.25, -0.2) is 4.79 Å².